The van der Waals surface area contributed by atoms with Crippen molar-refractivity contribution in [2.45, 2.75) is 26.7 Å². The lowest BCUT2D eigenvalue weighted by atomic mass is 10.4. The molecule has 114 valence electrons. The fourth-order valence-corrected chi connectivity index (χ4v) is 2.44. The Labute approximate surface area is 126 Å². The van der Waals surface area contributed by atoms with Crippen molar-refractivity contribution in [2.24, 2.45) is 0 Å². The van der Waals surface area contributed by atoms with Gasteiger partial charge in [0.05, 0.1) is 0 Å². The molecular weight excluding hydrogens is 292 g/mol. The number of nitrogens with zero attached hydrogens (tertiary/aromatic N) is 3. The maximum Gasteiger partial charge on any atom is 0.265 e. The van der Waals surface area contributed by atoms with E-state index in [1.54, 1.807) is 6.92 Å². The fraction of sp³-hybridized carbons (Fsp3) is 0.500. The second kappa shape index (κ2) is 7.02. The molecule has 1 amide bonds. The van der Waals surface area contributed by atoms with Gasteiger partial charge in [-0.25, -0.2) is 4.98 Å². The average molecular weight is 310 g/mol. The molecule has 21 heavy (non-hydrogen) atoms. The number of carbonyl (C=O) groups is 1. The van der Waals surface area contributed by atoms with Gasteiger partial charge in [0.15, 0.2) is 11.0 Å². The zero-order valence-electron chi connectivity index (χ0n) is 12.0. The summed E-state index contributed by atoms with van der Waals surface area (Å²) in [7, 11) is 0. The van der Waals surface area contributed by atoms with Gasteiger partial charge < -0.3 is 20.9 Å². The van der Waals surface area contributed by atoms with Crippen LogP contribution in [0.15, 0.2) is 4.52 Å². The van der Waals surface area contributed by atoms with Crippen molar-refractivity contribution in [3.63, 3.8) is 0 Å². The van der Waals surface area contributed by atoms with Gasteiger partial charge in [0.25, 0.3) is 5.91 Å². The number of thiazole rings is 1. The predicted octanol–water partition coefficient (Wildman–Crippen LogP) is 1.21. The third-order valence-electron chi connectivity index (χ3n) is 2.59. The van der Waals surface area contributed by atoms with E-state index in [-0.39, 0.29) is 11.7 Å². The summed E-state index contributed by atoms with van der Waals surface area (Å²) in [5, 5.41) is 10.3. The molecule has 0 saturated heterocycles. The first-order valence-electron chi connectivity index (χ1n) is 6.67. The van der Waals surface area contributed by atoms with Crippen LogP contribution in [-0.4, -0.2) is 34.1 Å². The standard InChI is InChI=1S/C12H18N6O2S/c1-3-5-15-12-17-10(13)9(21-12)11(19)14-6-4-8-16-7(2)20-18-8/h3-6,13H2,1-2H3,(H,14,19)(H,15,17). The first kappa shape index (κ1) is 15.2. The number of nitrogen functional groups attached to an aromatic ring is 1. The van der Waals surface area contributed by atoms with E-state index in [0.29, 0.717) is 34.7 Å². The summed E-state index contributed by atoms with van der Waals surface area (Å²) in [5.74, 6) is 1.08. The number of aryl methyl sites for hydroxylation is 1. The van der Waals surface area contributed by atoms with E-state index in [9.17, 15) is 4.79 Å². The van der Waals surface area contributed by atoms with Crippen LogP contribution in [0.5, 0.6) is 0 Å². The SMILES string of the molecule is CCCNc1nc(N)c(C(=O)NCCc2noc(C)n2)s1. The van der Waals surface area contributed by atoms with Crippen LogP contribution in [0.1, 0.15) is 34.7 Å². The van der Waals surface area contributed by atoms with E-state index in [1.165, 1.54) is 11.3 Å². The van der Waals surface area contributed by atoms with Crippen LogP contribution in [0.2, 0.25) is 0 Å². The Morgan fingerprint density at radius 2 is 2.19 bits per heavy atom. The van der Waals surface area contributed by atoms with E-state index in [1.807, 2.05) is 0 Å². The first-order chi connectivity index (χ1) is 10.1. The molecule has 2 aromatic rings. The lowest BCUT2D eigenvalue weighted by Gasteiger charge is -2.01. The Balaban J connectivity index is 1.86. The quantitative estimate of drug-likeness (QED) is 0.703. The van der Waals surface area contributed by atoms with E-state index in [4.69, 9.17) is 10.3 Å². The number of nitrogens with two attached hydrogens (primary N) is 1. The molecule has 0 aliphatic rings. The molecule has 8 nitrogen and oxygen atoms in total. The molecule has 0 aliphatic carbocycles. The first-order valence-corrected chi connectivity index (χ1v) is 7.49. The lowest BCUT2D eigenvalue weighted by molar-refractivity contribution is 0.0958. The van der Waals surface area contributed by atoms with Crippen LogP contribution in [-0.2, 0) is 6.42 Å². The van der Waals surface area contributed by atoms with Crippen LogP contribution >= 0.6 is 11.3 Å². The van der Waals surface area contributed by atoms with Gasteiger partial charge in [-0.2, -0.15) is 4.98 Å². The van der Waals surface area contributed by atoms with Gasteiger partial charge >= 0.3 is 0 Å². The van der Waals surface area contributed by atoms with Gasteiger partial charge in [0.2, 0.25) is 5.89 Å². The summed E-state index contributed by atoms with van der Waals surface area (Å²) in [6, 6.07) is 0. The van der Waals surface area contributed by atoms with E-state index >= 15 is 0 Å². The highest BCUT2D eigenvalue weighted by atomic mass is 32.1. The topological polar surface area (TPSA) is 119 Å². The number of amides is 1. The van der Waals surface area contributed by atoms with Crippen molar-refractivity contribution in [2.75, 3.05) is 24.1 Å². The highest BCUT2D eigenvalue weighted by Crippen LogP contribution is 2.24. The van der Waals surface area contributed by atoms with Crippen molar-refractivity contribution in [3.05, 3.63) is 16.6 Å². The molecule has 0 bridgehead atoms. The molecule has 0 unspecified atom stereocenters. The molecule has 4 N–H and O–H groups in total. The molecule has 0 aromatic carbocycles. The molecule has 0 spiro atoms. The van der Waals surface area contributed by atoms with Gasteiger partial charge in [-0.15, -0.1) is 0 Å². The number of hydrogen-bond acceptors (Lipinski definition) is 8. The van der Waals surface area contributed by atoms with Crippen LogP contribution < -0.4 is 16.4 Å². The summed E-state index contributed by atoms with van der Waals surface area (Å²) < 4.78 is 4.86. The number of nitrogens with one attached hydrogen (secondary N) is 2. The molecule has 2 rings (SSSR count). The normalized spacial score (nSPS) is 10.6. The Hall–Kier alpha value is -2.16. The predicted molar refractivity (Wildman–Crippen MR) is 80.4 cm³/mol. The molecule has 0 fully saturated rings. The minimum atomic E-state index is -0.241. The van der Waals surface area contributed by atoms with Gasteiger partial charge in [-0.1, -0.05) is 23.4 Å². The van der Waals surface area contributed by atoms with Crippen molar-refractivity contribution in [1.29, 1.82) is 0 Å². The maximum absolute atomic E-state index is 12.0. The maximum atomic E-state index is 12.0. The van der Waals surface area contributed by atoms with E-state index in [0.717, 1.165) is 13.0 Å². The lowest BCUT2D eigenvalue weighted by Crippen LogP contribution is -2.25. The summed E-state index contributed by atoms with van der Waals surface area (Å²) in [6.45, 7) is 4.98. The zero-order valence-corrected chi connectivity index (χ0v) is 12.8. The van der Waals surface area contributed by atoms with Gasteiger partial charge in [-0.05, 0) is 6.42 Å². The Morgan fingerprint density at radius 1 is 1.38 bits per heavy atom. The van der Waals surface area contributed by atoms with E-state index in [2.05, 4.69) is 32.7 Å². The number of aromatic nitrogens is 3. The van der Waals surface area contributed by atoms with Crippen LogP contribution in [0.4, 0.5) is 10.9 Å². The molecule has 9 heteroatoms. The highest BCUT2D eigenvalue weighted by molar-refractivity contribution is 7.18. The minimum Gasteiger partial charge on any atom is -0.382 e. The molecule has 2 heterocycles. The van der Waals surface area contributed by atoms with Crippen molar-refractivity contribution < 1.29 is 9.32 Å². The summed E-state index contributed by atoms with van der Waals surface area (Å²) in [6.07, 6.45) is 1.48. The summed E-state index contributed by atoms with van der Waals surface area (Å²) in [4.78, 5) is 20.6. The van der Waals surface area contributed by atoms with Crippen molar-refractivity contribution in [3.8, 4) is 0 Å². The Morgan fingerprint density at radius 3 is 2.86 bits per heavy atom. The Kier molecular flexibility index (Phi) is 5.09. The fourth-order valence-electron chi connectivity index (χ4n) is 1.61. The number of carbonyl (C=O) groups excluding carboxylic acids is 1. The Bertz CT molecular complexity index is 609. The third kappa shape index (κ3) is 4.15. The van der Waals surface area contributed by atoms with Gasteiger partial charge in [0, 0.05) is 26.4 Å². The smallest absolute Gasteiger partial charge is 0.265 e. The molecular formula is C12H18N6O2S. The van der Waals surface area contributed by atoms with Gasteiger partial charge in [0.1, 0.15) is 10.7 Å². The highest BCUT2D eigenvalue weighted by Gasteiger charge is 2.15. The second-order valence-corrected chi connectivity index (χ2v) is 5.39. The van der Waals surface area contributed by atoms with Crippen molar-refractivity contribution in [1.82, 2.24) is 20.4 Å². The number of hydrogen-bond donors (Lipinski definition) is 3. The average Bonchev–Trinajstić information content (AvgIpc) is 3.02. The van der Waals surface area contributed by atoms with Gasteiger partial charge in [-0.3, -0.25) is 4.79 Å². The molecule has 0 atom stereocenters. The minimum absolute atomic E-state index is 0.241. The number of anilines is 2. The van der Waals surface area contributed by atoms with Crippen LogP contribution in [0.3, 0.4) is 0 Å². The number of rotatable bonds is 7. The van der Waals surface area contributed by atoms with E-state index < -0.39 is 0 Å². The molecule has 0 aliphatic heterocycles. The molecule has 0 radical (unpaired) electrons. The molecule has 2 aromatic heterocycles. The zero-order chi connectivity index (χ0) is 15.2. The van der Waals surface area contributed by atoms with Crippen LogP contribution in [0.25, 0.3) is 0 Å². The summed E-state index contributed by atoms with van der Waals surface area (Å²) in [5.41, 5.74) is 5.76. The van der Waals surface area contributed by atoms with Crippen molar-refractivity contribution >= 4 is 28.2 Å². The second-order valence-electron chi connectivity index (χ2n) is 4.40. The van der Waals surface area contributed by atoms with Crippen LogP contribution in [0, 0.1) is 6.92 Å². The third-order valence-corrected chi connectivity index (χ3v) is 3.62. The summed E-state index contributed by atoms with van der Waals surface area (Å²) >= 11 is 1.25. The monoisotopic (exact) mass is 310 g/mol. The molecule has 0 saturated carbocycles. The largest absolute Gasteiger partial charge is 0.382 e.